The molecule has 12 heteroatoms. The van der Waals surface area contributed by atoms with E-state index in [4.69, 9.17) is 14.2 Å². The molecule has 208 valence electrons. The van der Waals surface area contributed by atoms with Crippen LogP contribution in [0.3, 0.4) is 0 Å². The normalized spacial score (nSPS) is 11.5. The lowest BCUT2D eigenvalue weighted by molar-refractivity contribution is -0.113. The number of aromatic nitrogens is 3. The van der Waals surface area contributed by atoms with Gasteiger partial charge in [0, 0.05) is 22.0 Å². The Morgan fingerprint density at radius 3 is 2.48 bits per heavy atom. The fourth-order valence-corrected chi connectivity index (χ4v) is 5.80. The van der Waals surface area contributed by atoms with Gasteiger partial charge in [0.1, 0.15) is 22.1 Å². The van der Waals surface area contributed by atoms with Crippen molar-refractivity contribution < 1.29 is 23.8 Å². The van der Waals surface area contributed by atoms with Crippen LogP contribution in [0.15, 0.2) is 76.2 Å². The monoisotopic (exact) mass is 642 g/mol. The zero-order chi connectivity index (χ0) is 28.6. The van der Waals surface area contributed by atoms with Gasteiger partial charge in [-0.05, 0) is 48.9 Å². The number of halogens is 1. The lowest BCUT2D eigenvalue weighted by Gasteiger charge is -2.15. The molecule has 1 atom stereocenters. The molecule has 0 radical (unpaired) electrons. The Bertz CT molecular complexity index is 1490. The molecule has 1 N–H and O–H groups in total. The molecule has 0 saturated carbocycles. The number of ether oxygens (including phenoxy) is 3. The Kier molecular flexibility index (Phi) is 10.0. The Labute approximate surface area is 248 Å². The van der Waals surface area contributed by atoms with Crippen molar-refractivity contribution in [2.24, 2.45) is 0 Å². The molecule has 0 aliphatic rings. The molecule has 2 aromatic heterocycles. The van der Waals surface area contributed by atoms with Crippen molar-refractivity contribution in [2.75, 3.05) is 25.3 Å². The summed E-state index contributed by atoms with van der Waals surface area (Å²) in [7, 11) is 2.90. The van der Waals surface area contributed by atoms with Crippen LogP contribution in [0.5, 0.6) is 11.5 Å². The molecule has 2 heterocycles. The number of methoxy groups -OCH3 is 2. The molecule has 0 aliphatic heterocycles. The van der Waals surface area contributed by atoms with E-state index in [2.05, 4.69) is 38.0 Å². The van der Waals surface area contributed by atoms with Gasteiger partial charge in [0.15, 0.2) is 17.1 Å². The van der Waals surface area contributed by atoms with Crippen molar-refractivity contribution in [3.63, 3.8) is 0 Å². The lowest BCUT2D eigenvalue weighted by Crippen LogP contribution is -2.17. The highest BCUT2D eigenvalue weighted by Crippen LogP contribution is 2.37. The standard InChI is InChI=1S/C28H27BrN4O5S2/c1-5-14-33-25(17(2)38-21-12-8-19(29)9-13-21)31-32-28(33)40-16-23(34)30-26-24(27(35)37-4)22(15-39-26)18-6-10-20(36-3)11-7-18/h5-13,15,17H,1,14,16H2,2-4H3,(H,30,34). The minimum absolute atomic E-state index is 0.0492. The van der Waals surface area contributed by atoms with Gasteiger partial charge in [-0.25, -0.2) is 4.79 Å². The van der Waals surface area contributed by atoms with Gasteiger partial charge in [0.25, 0.3) is 0 Å². The predicted molar refractivity (Wildman–Crippen MR) is 160 cm³/mol. The summed E-state index contributed by atoms with van der Waals surface area (Å²) >= 11 is 5.90. The summed E-state index contributed by atoms with van der Waals surface area (Å²) in [6, 6.07) is 14.8. The first-order valence-electron chi connectivity index (χ1n) is 12.1. The van der Waals surface area contributed by atoms with E-state index in [0.29, 0.717) is 45.2 Å². The number of nitrogens with one attached hydrogen (secondary N) is 1. The van der Waals surface area contributed by atoms with Crippen molar-refractivity contribution >= 4 is 55.9 Å². The molecule has 4 rings (SSSR count). The second-order valence-corrected chi connectivity index (χ2v) is 11.1. The number of hydrogen-bond donors (Lipinski definition) is 1. The van der Waals surface area contributed by atoms with Crippen LogP contribution in [-0.2, 0) is 16.1 Å². The first-order valence-corrected chi connectivity index (χ1v) is 14.7. The fourth-order valence-electron chi connectivity index (χ4n) is 3.81. The Hall–Kier alpha value is -3.61. The maximum atomic E-state index is 13.0. The molecule has 4 aromatic rings. The summed E-state index contributed by atoms with van der Waals surface area (Å²) in [5.74, 6) is 1.22. The third kappa shape index (κ3) is 6.93. The van der Waals surface area contributed by atoms with Gasteiger partial charge >= 0.3 is 5.97 Å². The number of carbonyl (C=O) groups excluding carboxylic acids is 2. The first kappa shape index (κ1) is 29.4. The number of amides is 1. The van der Waals surface area contributed by atoms with E-state index in [1.54, 1.807) is 25.3 Å². The van der Waals surface area contributed by atoms with Gasteiger partial charge in [-0.2, -0.15) is 0 Å². The van der Waals surface area contributed by atoms with Gasteiger partial charge in [-0.1, -0.05) is 45.9 Å². The number of hydrogen-bond acceptors (Lipinski definition) is 9. The summed E-state index contributed by atoms with van der Waals surface area (Å²) in [6.07, 6.45) is 1.35. The number of benzene rings is 2. The van der Waals surface area contributed by atoms with Crippen LogP contribution < -0.4 is 14.8 Å². The Morgan fingerprint density at radius 1 is 1.12 bits per heavy atom. The van der Waals surface area contributed by atoms with Crippen molar-refractivity contribution in [2.45, 2.75) is 24.7 Å². The summed E-state index contributed by atoms with van der Waals surface area (Å²) in [5.41, 5.74) is 1.77. The summed E-state index contributed by atoms with van der Waals surface area (Å²) in [5, 5.41) is 14.2. The van der Waals surface area contributed by atoms with Crippen molar-refractivity contribution in [1.29, 1.82) is 0 Å². The SMILES string of the molecule is C=CCn1c(SCC(=O)Nc2scc(-c3ccc(OC)cc3)c2C(=O)OC)nnc1C(C)Oc1ccc(Br)cc1. The second kappa shape index (κ2) is 13.6. The number of thiophene rings is 1. The van der Waals surface area contributed by atoms with Crippen LogP contribution in [0.2, 0.25) is 0 Å². The van der Waals surface area contributed by atoms with Crippen LogP contribution in [0.25, 0.3) is 11.1 Å². The zero-order valence-electron chi connectivity index (χ0n) is 22.0. The van der Waals surface area contributed by atoms with E-state index in [1.165, 1.54) is 30.2 Å². The molecule has 0 saturated heterocycles. The van der Waals surface area contributed by atoms with E-state index < -0.39 is 5.97 Å². The van der Waals surface area contributed by atoms with E-state index in [0.717, 1.165) is 10.0 Å². The molecule has 40 heavy (non-hydrogen) atoms. The van der Waals surface area contributed by atoms with Crippen molar-refractivity contribution in [3.8, 4) is 22.6 Å². The van der Waals surface area contributed by atoms with Gasteiger partial charge < -0.3 is 19.5 Å². The molecule has 0 aliphatic carbocycles. The van der Waals surface area contributed by atoms with Gasteiger partial charge in [0.2, 0.25) is 5.91 Å². The summed E-state index contributed by atoms with van der Waals surface area (Å²) < 4.78 is 19.1. The predicted octanol–water partition coefficient (Wildman–Crippen LogP) is 6.62. The van der Waals surface area contributed by atoms with Crippen LogP contribution >= 0.6 is 39.0 Å². The quantitative estimate of drug-likeness (QED) is 0.104. The van der Waals surface area contributed by atoms with Crippen molar-refractivity contribution in [1.82, 2.24) is 14.8 Å². The average Bonchev–Trinajstić information content (AvgIpc) is 3.57. The highest BCUT2D eigenvalue weighted by Gasteiger charge is 2.24. The number of thioether (sulfide) groups is 1. The number of allylic oxidation sites excluding steroid dienone is 1. The molecule has 2 aromatic carbocycles. The third-order valence-electron chi connectivity index (χ3n) is 5.71. The first-order chi connectivity index (χ1) is 19.3. The van der Waals surface area contributed by atoms with Gasteiger partial charge in [0.05, 0.1) is 20.0 Å². The number of esters is 1. The van der Waals surface area contributed by atoms with E-state index in [9.17, 15) is 9.59 Å². The molecule has 1 unspecified atom stereocenters. The molecular formula is C28H27BrN4O5S2. The lowest BCUT2D eigenvalue weighted by atomic mass is 10.0. The maximum Gasteiger partial charge on any atom is 0.341 e. The number of rotatable bonds is 12. The Balaban J connectivity index is 1.47. The average molecular weight is 644 g/mol. The van der Waals surface area contributed by atoms with Crippen LogP contribution in [0, 0.1) is 0 Å². The summed E-state index contributed by atoms with van der Waals surface area (Å²) in [6.45, 7) is 6.17. The fraction of sp³-hybridized carbons (Fsp3) is 0.214. The molecule has 0 spiro atoms. The topological polar surface area (TPSA) is 105 Å². The van der Waals surface area contributed by atoms with E-state index in [-0.39, 0.29) is 17.8 Å². The third-order valence-corrected chi connectivity index (χ3v) is 8.10. The molecule has 9 nitrogen and oxygen atoms in total. The minimum Gasteiger partial charge on any atom is -0.497 e. The van der Waals surface area contributed by atoms with Crippen molar-refractivity contribution in [3.05, 3.63) is 82.4 Å². The highest BCUT2D eigenvalue weighted by molar-refractivity contribution is 9.10. The van der Waals surface area contributed by atoms with E-state index >= 15 is 0 Å². The molecule has 0 fully saturated rings. The van der Waals surface area contributed by atoms with Crippen LogP contribution in [0.1, 0.15) is 29.2 Å². The second-order valence-electron chi connectivity index (χ2n) is 8.36. The number of anilines is 1. The largest absolute Gasteiger partial charge is 0.497 e. The van der Waals surface area contributed by atoms with Crippen LogP contribution in [-0.4, -0.2) is 46.6 Å². The molecular weight excluding hydrogens is 616 g/mol. The molecule has 1 amide bonds. The van der Waals surface area contributed by atoms with Gasteiger partial charge in [-0.15, -0.1) is 28.1 Å². The minimum atomic E-state index is -0.537. The number of nitrogens with zero attached hydrogens (tertiary/aromatic N) is 3. The van der Waals surface area contributed by atoms with Crippen LogP contribution in [0.4, 0.5) is 5.00 Å². The number of carbonyl (C=O) groups is 2. The Morgan fingerprint density at radius 2 is 1.82 bits per heavy atom. The maximum absolute atomic E-state index is 13.0. The smallest absolute Gasteiger partial charge is 0.341 e. The zero-order valence-corrected chi connectivity index (χ0v) is 25.3. The van der Waals surface area contributed by atoms with E-state index in [1.807, 2.05) is 53.3 Å². The van der Waals surface area contributed by atoms with Gasteiger partial charge in [-0.3, -0.25) is 9.36 Å². The summed E-state index contributed by atoms with van der Waals surface area (Å²) in [4.78, 5) is 25.6. The molecule has 0 bridgehead atoms. The highest BCUT2D eigenvalue weighted by atomic mass is 79.9.